The third kappa shape index (κ3) is 48.5. The Morgan fingerprint density at radius 3 is 1.10 bits per heavy atom. The van der Waals surface area contributed by atoms with Crippen LogP contribution in [0.25, 0.3) is 0 Å². The number of likely N-dealkylation sites (N-methyl/N-ethyl adjacent to an activating group) is 1. The lowest BCUT2D eigenvalue weighted by Crippen LogP contribution is -2.37. The Morgan fingerprint density at radius 1 is 0.450 bits per heavy atom. The Labute approximate surface area is 374 Å². The molecule has 0 aromatic rings. The molecule has 0 rings (SSSR count). The van der Waals surface area contributed by atoms with Crippen LogP contribution in [0, 0.1) is 0 Å². The van der Waals surface area contributed by atoms with Crippen molar-refractivity contribution < 1.29 is 37.3 Å². The van der Waals surface area contributed by atoms with Crippen LogP contribution in [0.3, 0.4) is 0 Å². The molecule has 0 aromatic heterocycles. The van der Waals surface area contributed by atoms with Gasteiger partial charge in [-0.2, -0.15) is 0 Å². The van der Waals surface area contributed by atoms with E-state index in [1.165, 1.54) is 212 Å². The number of hydrogen-bond donors (Lipinski definition) is 1. The minimum absolute atomic E-state index is 0.0942. The molecule has 1 N–H and O–H groups in total. The van der Waals surface area contributed by atoms with Crippen molar-refractivity contribution in [1.29, 1.82) is 0 Å². The van der Waals surface area contributed by atoms with Gasteiger partial charge in [0, 0.05) is 13.0 Å². The van der Waals surface area contributed by atoms with E-state index in [0.29, 0.717) is 24.1 Å². The topological polar surface area (TPSA) is 91.3 Å². The molecule has 2 unspecified atom stereocenters. The lowest BCUT2D eigenvalue weighted by Gasteiger charge is -2.24. The van der Waals surface area contributed by atoms with Gasteiger partial charge < -0.3 is 18.9 Å². The van der Waals surface area contributed by atoms with Gasteiger partial charge in [-0.05, 0) is 12.8 Å². The summed E-state index contributed by atoms with van der Waals surface area (Å²) in [6.07, 6.45) is 50.1. The van der Waals surface area contributed by atoms with Gasteiger partial charge in [-0.3, -0.25) is 13.8 Å². The molecule has 0 saturated carbocycles. The average molecular weight is 875 g/mol. The second-order valence-corrected chi connectivity index (χ2v) is 20.7. The molecule has 60 heavy (non-hydrogen) atoms. The van der Waals surface area contributed by atoms with Gasteiger partial charge >= 0.3 is 13.8 Å². The van der Waals surface area contributed by atoms with Gasteiger partial charge in [0.2, 0.25) is 0 Å². The quantitative estimate of drug-likeness (QED) is 0.0282. The zero-order valence-corrected chi connectivity index (χ0v) is 41.9. The van der Waals surface area contributed by atoms with E-state index in [1.54, 1.807) is 0 Å². The van der Waals surface area contributed by atoms with Crippen LogP contribution in [0.4, 0.5) is 0 Å². The Balaban J connectivity index is 4.02. The third-order valence-electron chi connectivity index (χ3n) is 11.9. The van der Waals surface area contributed by atoms with E-state index in [0.717, 1.165) is 32.1 Å². The van der Waals surface area contributed by atoms with E-state index in [-0.39, 0.29) is 25.8 Å². The highest BCUT2D eigenvalue weighted by molar-refractivity contribution is 7.47. The lowest BCUT2D eigenvalue weighted by atomic mass is 10.0. The Morgan fingerprint density at radius 2 is 0.767 bits per heavy atom. The smallest absolute Gasteiger partial charge is 0.457 e. The van der Waals surface area contributed by atoms with Crippen LogP contribution in [0.1, 0.15) is 264 Å². The summed E-state index contributed by atoms with van der Waals surface area (Å²) in [7, 11) is 1.69. The minimum Gasteiger partial charge on any atom is -0.457 e. The molecule has 2 atom stereocenters. The number of nitrogens with zero attached hydrogens (tertiary/aromatic N) is 1. The van der Waals surface area contributed by atoms with Crippen LogP contribution in [0.15, 0.2) is 0 Å². The van der Waals surface area contributed by atoms with Crippen molar-refractivity contribution in [3.63, 3.8) is 0 Å². The first-order valence-electron chi connectivity index (χ1n) is 26.3. The summed E-state index contributed by atoms with van der Waals surface area (Å²) >= 11 is 0. The molecule has 0 saturated heterocycles. The lowest BCUT2D eigenvalue weighted by molar-refractivity contribution is -0.870. The Hall–Kier alpha value is -0.500. The van der Waals surface area contributed by atoms with Crippen molar-refractivity contribution in [3.05, 3.63) is 0 Å². The van der Waals surface area contributed by atoms with Gasteiger partial charge in [-0.25, -0.2) is 4.57 Å². The second-order valence-electron chi connectivity index (χ2n) is 19.3. The van der Waals surface area contributed by atoms with E-state index < -0.39 is 13.9 Å². The van der Waals surface area contributed by atoms with E-state index in [4.69, 9.17) is 18.5 Å². The number of phosphoric acid groups is 1. The summed E-state index contributed by atoms with van der Waals surface area (Å²) in [5.74, 6) is -0.304. The monoisotopic (exact) mass is 875 g/mol. The third-order valence-corrected chi connectivity index (χ3v) is 12.9. The van der Waals surface area contributed by atoms with E-state index in [2.05, 4.69) is 13.8 Å². The normalized spacial score (nSPS) is 13.5. The number of ether oxygens (including phenoxy) is 2. The number of carbonyl (C=O) groups excluding carboxylic acids is 1. The maximum absolute atomic E-state index is 12.8. The molecule has 0 amide bonds. The van der Waals surface area contributed by atoms with Crippen LogP contribution in [0.2, 0.25) is 0 Å². The van der Waals surface area contributed by atoms with Crippen LogP contribution in [-0.4, -0.2) is 75.6 Å². The van der Waals surface area contributed by atoms with E-state index in [1.807, 2.05) is 21.1 Å². The van der Waals surface area contributed by atoms with Crippen molar-refractivity contribution in [1.82, 2.24) is 0 Å². The first-order chi connectivity index (χ1) is 29.1. The molecule has 0 aliphatic rings. The Kier molecular flexibility index (Phi) is 44.7. The molecule has 8 nitrogen and oxygen atoms in total. The van der Waals surface area contributed by atoms with Gasteiger partial charge in [0.15, 0.2) is 0 Å². The molecular weight excluding hydrogens is 770 g/mol. The molecule has 0 radical (unpaired) electrons. The zero-order chi connectivity index (χ0) is 44.1. The fourth-order valence-corrected chi connectivity index (χ4v) is 8.59. The van der Waals surface area contributed by atoms with Crippen molar-refractivity contribution in [2.45, 2.75) is 270 Å². The first-order valence-corrected chi connectivity index (χ1v) is 27.8. The maximum Gasteiger partial charge on any atom is 0.472 e. The maximum atomic E-state index is 12.8. The number of quaternary nitrogens is 1. The fraction of sp³-hybridized carbons (Fsp3) is 0.980. The number of carbonyl (C=O) groups is 1. The molecule has 0 bridgehead atoms. The van der Waals surface area contributed by atoms with Gasteiger partial charge in [-0.15, -0.1) is 0 Å². The van der Waals surface area contributed by atoms with Gasteiger partial charge in [0.25, 0.3) is 0 Å². The predicted octanol–water partition coefficient (Wildman–Crippen LogP) is 16.0. The van der Waals surface area contributed by atoms with Crippen LogP contribution in [-0.2, 0) is 27.9 Å². The Bertz CT molecular complexity index is 930. The van der Waals surface area contributed by atoms with E-state index in [9.17, 15) is 14.3 Å². The molecule has 360 valence electrons. The highest BCUT2D eigenvalue weighted by atomic mass is 31.2. The summed E-state index contributed by atoms with van der Waals surface area (Å²) in [5, 5.41) is 0. The van der Waals surface area contributed by atoms with E-state index >= 15 is 0 Å². The summed E-state index contributed by atoms with van der Waals surface area (Å²) in [4.78, 5) is 23.0. The number of phosphoric ester groups is 1. The molecule has 9 heteroatoms. The van der Waals surface area contributed by atoms with Crippen molar-refractivity contribution >= 4 is 13.8 Å². The summed E-state index contributed by atoms with van der Waals surface area (Å²) in [6.45, 7) is 5.70. The van der Waals surface area contributed by atoms with Gasteiger partial charge in [0.1, 0.15) is 19.3 Å². The molecule has 0 heterocycles. The van der Waals surface area contributed by atoms with Crippen molar-refractivity contribution in [2.75, 3.05) is 54.1 Å². The highest BCUT2D eigenvalue weighted by Crippen LogP contribution is 2.43. The van der Waals surface area contributed by atoms with Gasteiger partial charge in [0.05, 0.1) is 34.4 Å². The largest absolute Gasteiger partial charge is 0.472 e. The van der Waals surface area contributed by atoms with Crippen LogP contribution < -0.4 is 0 Å². The van der Waals surface area contributed by atoms with Crippen molar-refractivity contribution in [3.8, 4) is 0 Å². The predicted molar refractivity (Wildman–Crippen MR) is 257 cm³/mol. The molecular formula is C51H105NO7P+. The number of unbranched alkanes of at least 4 members (excludes halogenated alkanes) is 36. The zero-order valence-electron chi connectivity index (χ0n) is 41.0. The molecule has 0 aromatic carbocycles. The van der Waals surface area contributed by atoms with Crippen molar-refractivity contribution in [2.24, 2.45) is 0 Å². The second kappa shape index (κ2) is 45.1. The molecule has 0 aliphatic carbocycles. The summed E-state index contributed by atoms with van der Waals surface area (Å²) < 4.78 is 35.1. The summed E-state index contributed by atoms with van der Waals surface area (Å²) in [6, 6.07) is 0. The first kappa shape index (κ1) is 59.5. The highest BCUT2D eigenvalue weighted by Gasteiger charge is 2.26. The van der Waals surface area contributed by atoms with Crippen LogP contribution in [0.5, 0.6) is 0 Å². The molecule has 0 spiro atoms. The van der Waals surface area contributed by atoms with Gasteiger partial charge in [-0.1, -0.05) is 245 Å². The standard InChI is InChI=1S/C51H104NO7P/c1-6-8-10-12-14-16-18-20-22-23-24-25-26-27-28-29-30-31-32-34-36-38-40-42-44-51(53)59-50(49-58-60(54,55)57-47-45-52(3,4)5)48-56-46-43-41-39-37-35-33-21-19-17-15-13-11-9-7-2/h50H,6-49H2,1-5H3/p+1. The fourth-order valence-electron chi connectivity index (χ4n) is 7.85. The SMILES string of the molecule is CCCCCCCCCCCCCCCCCCCCCCCCCCC(=O)OC(COCCCCCCCCCCCCCCCC)COP(=O)(O)OCC[N+](C)(C)C. The minimum atomic E-state index is -4.27. The number of esters is 1. The number of rotatable bonds is 50. The van der Waals surface area contributed by atoms with Crippen LogP contribution >= 0.6 is 7.82 Å². The molecule has 0 fully saturated rings. The summed E-state index contributed by atoms with van der Waals surface area (Å²) in [5.41, 5.74) is 0. The average Bonchev–Trinajstić information content (AvgIpc) is 3.20. The number of hydrogen-bond acceptors (Lipinski definition) is 6. The molecule has 0 aliphatic heterocycles.